The van der Waals surface area contributed by atoms with Crippen molar-refractivity contribution in [3.8, 4) is 0 Å². The van der Waals surface area contributed by atoms with Crippen molar-refractivity contribution < 1.29 is 9.90 Å². The van der Waals surface area contributed by atoms with Gasteiger partial charge in [-0.2, -0.15) is 0 Å². The van der Waals surface area contributed by atoms with E-state index in [9.17, 15) is 9.90 Å². The fourth-order valence-corrected chi connectivity index (χ4v) is 1.90. The minimum absolute atomic E-state index is 0.623. The van der Waals surface area contributed by atoms with Crippen LogP contribution in [0.1, 0.15) is 18.5 Å². The molecule has 4 nitrogen and oxygen atoms in total. The first-order valence-corrected chi connectivity index (χ1v) is 5.26. The highest BCUT2D eigenvalue weighted by Gasteiger charge is 2.20. The summed E-state index contributed by atoms with van der Waals surface area (Å²) >= 11 is 0. The minimum atomic E-state index is -0.851. The Labute approximate surface area is 93.3 Å². The van der Waals surface area contributed by atoms with Crippen LogP contribution in [0.2, 0.25) is 0 Å². The van der Waals surface area contributed by atoms with Gasteiger partial charge >= 0.3 is 5.97 Å². The Morgan fingerprint density at radius 2 is 2.31 bits per heavy atom. The largest absolute Gasteiger partial charge is 0.480 e. The van der Waals surface area contributed by atoms with Crippen molar-refractivity contribution in [1.82, 2.24) is 10.3 Å². The highest BCUT2D eigenvalue weighted by atomic mass is 16.4. The van der Waals surface area contributed by atoms with Crippen molar-refractivity contribution in [3.63, 3.8) is 0 Å². The summed E-state index contributed by atoms with van der Waals surface area (Å²) in [5.41, 5.74) is 1.76. The smallest absolute Gasteiger partial charge is 0.325 e. The van der Waals surface area contributed by atoms with Gasteiger partial charge in [-0.05, 0) is 24.2 Å². The van der Waals surface area contributed by atoms with E-state index in [4.69, 9.17) is 0 Å². The third kappa shape index (κ3) is 1.79. The molecule has 4 heteroatoms. The maximum atomic E-state index is 11.2. The van der Waals surface area contributed by atoms with Crippen molar-refractivity contribution in [2.24, 2.45) is 0 Å². The lowest BCUT2D eigenvalue weighted by molar-refractivity contribution is -0.139. The predicted octanol–water partition coefficient (Wildman–Crippen LogP) is 1.90. The Morgan fingerprint density at radius 3 is 3.00 bits per heavy atom. The van der Waals surface area contributed by atoms with Gasteiger partial charge in [-0.1, -0.05) is 19.1 Å². The second-order valence-electron chi connectivity index (χ2n) is 3.62. The SMILES string of the molecule is CCNC(C(=O)O)c1cccc2[nH]ccc12. The summed E-state index contributed by atoms with van der Waals surface area (Å²) in [6.45, 7) is 2.52. The Kier molecular flexibility index (Phi) is 2.92. The van der Waals surface area contributed by atoms with Crippen LogP contribution >= 0.6 is 0 Å². The molecule has 1 heterocycles. The molecule has 0 aliphatic rings. The number of carboxylic acids is 1. The summed E-state index contributed by atoms with van der Waals surface area (Å²) < 4.78 is 0. The van der Waals surface area contributed by atoms with Gasteiger partial charge in [0, 0.05) is 17.1 Å². The van der Waals surface area contributed by atoms with Crippen LogP contribution in [0.15, 0.2) is 30.5 Å². The Bertz CT molecular complexity index is 504. The third-order valence-corrected chi connectivity index (χ3v) is 2.59. The molecule has 1 aromatic heterocycles. The van der Waals surface area contributed by atoms with Gasteiger partial charge in [0.25, 0.3) is 0 Å². The molecule has 0 radical (unpaired) electrons. The minimum Gasteiger partial charge on any atom is -0.480 e. The summed E-state index contributed by atoms with van der Waals surface area (Å²) in [7, 11) is 0. The van der Waals surface area contributed by atoms with Gasteiger partial charge in [-0.25, -0.2) is 0 Å². The predicted molar refractivity (Wildman–Crippen MR) is 62.4 cm³/mol. The van der Waals surface area contributed by atoms with Gasteiger partial charge in [0.15, 0.2) is 0 Å². The van der Waals surface area contributed by atoms with Crippen LogP contribution in [0.25, 0.3) is 10.9 Å². The number of aromatic amines is 1. The van der Waals surface area contributed by atoms with Crippen LogP contribution in [0.4, 0.5) is 0 Å². The average Bonchev–Trinajstić information content (AvgIpc) is 2.73. The van der Waals surface area contributed by atoms with E-state index in [2.05, 4.69) is 10.3 Å². The molecule has 84 valence electrons. The fraction of sp³-hybridized carbons (Fsp3) is 0.250. The number of carbonyl (C=O) groups is 1. The summed E-state index contributed by atoms with van der Waals surface area (Å²) in [5, 5.41) is 13.1. The summed E-state index contributed by atoms with van der Waals surface area (Å²) in [4.78, 5) is 14.3. The molecule has 0 aliphatic carbocycles. The highest BCUT2D eigenvalue weighted by molar-refractivity contribution is 5.88. The van der Waals surface area contributed by atoms with Crippen LogP contribution in [0.3, 0.4) is 0 Å². The van der Waals surface area contributed by atoms with E-state index in [1.807, 2.05) is 37.4 Å². The molecule has 0 spiro atoms. The number of aliphatic carboxylic acids is 1. The van der Waals surface area contributed by atoms with Crippen LogP contribution in [0, 0.1) is 0 Å². The van der Waals surface area contributed by atoms with Crippen LogP contribution in [-0.4, -0.2) is 22.6 Å². The molecule has 16 heavy (non-hydrogen) atoms. The van der Waals surface area contributed by atoms with E-state index in [1.165, 1.54) is 0 Å². The van der Waals surface area contributed by atoms with Gasteiger partial charge in [-0.3, -0.25) is 4.79 Å². The number of H-pyrrole nitrogens is 1. The van der Waals surface area contributed by atoms with Gasteiger partial charge < -0.3 is 15.4 Å². The van der Waals surface area contributed by atoms with Gasteiger partial charge in [0.05, 0.1) is 0 Å². The number of hydrogen-bond acceptors (Lipinski definition) is 2. The fourth-order valence-electron chi connectivity index (χ4n) is 1.90. The number of fused-ring (bicyclic) bond motifs is 1. The molecule has 2 aromatic rings. The molecule has 0 saturated carbocycles. The summed E-state index contributed by atoms with van der Waals surface area (Å²) in [6, 6.07) is 6.89. The maximum absolute atomic E-state index is 11.2. The van der Waals surface area contributed by atoms with Gasteiger partial charge in [0.2, 0.25) is 0 Å². The number of hydrogen-bond donors (Lipinski definition) is 3. The molecule has 2 rings (SSSR count). The molecular weight excluding hydrogens is 204 g/mol. The standard InChI is InChI=1S/C12H14N2O2/c1-2-13-11(12(15)16)9-4-3-5-10-8(9)6-7-14-10/h3-7,11,13-14H,2H2,1H3,(H,15,16). The van der Waals surface area contributed by atoms with Crippen molar-refractivity contribution in [1.29, 1.82) is 0 Å². The lowest BCUT2D eigenvalue weighted by Gasteiger charge is -2.14. The second-order valence-corrected chi connectivity index (χ2v) is 3.62. The van der Waals surface area contributed by atoms with E-state index in [0.29, 0.717) is 6.54 Å². The molecular formula is C12H14N2O2. The maximum Gasteiger partial charge on any atom is 0.325 e. The highest BCUT2D eigenvalue weighted by Crippen LogP contribution is 2.23. The Morgan fingerprint density at radius 1 is 1.50 bits per heavy atom. The molecule has 0 fully saturated rings. The topological polar surface area (TPSA) is 65.1 Å². The van der Waals surface area contributed by atoms with Crippen molar-refractivity contribution >= 4 is 16.9 Å². The van der Waals surface area contributed by atoms with E-state index < -0.39 is 12.0 Å². The first kappa shape index (κ1) is 10.7. The number of benzene rings is 1. The first-order chi connectivity index (χ1) is 7.74. The van der Waals surface area contributed by atoms with E-state index in [0.717, 1.165) is 16.5 Å². The molecule has 0 bridgehead atoms. The average molecular weight is 218 g/mol. The van der Waals surface area contributed by atoms with E-state index in [1.54, 1.807) is 0 Å². The van der Waals surface area contributed by atoms with Gasteiger partial charge in [-0.15, -0.1) is 0 Å². The van der Waals surface area contributed by atoms with Crippen molar-refractivity contribution in [2.45, 2.75) is 13.0 Å². The van der Waals surface area contributed by atoms with Crippen LogP contribution in [0.5, 0.6) is 0 Å². The van der Waals surface area contributed by atoms with Crippen LogP contribution < -0.4 is 5.32 Å². The van der Waals surface area contributed by atoms with Gasteiger partial charge in [0.1, 0.15) is 6.04 Å². The zero-order chi connectivity index (χ0) is 11.5. The molecule has 0 saturated heterocycles. The second kappa shape index (κ2) is 4.37. The quantitative estimate of drug-likeness (QED) is 0.734. The zero-order valence-corrected chi connectivity index (χ0v) is 9.03. The van der Waals surface area contributed by atoms with Crippen LogP contribution in [-0.2, 0) is 4.79 Å². The number of rotatable bonds is 4. The molecule has 1 unspecified atom stereocenters. The lowest BCUT2D eigenvalue weighted by Crippen LogP contribution is -2.28. The normalized spacial score (nSPS) is 12.8. The number of nitrogens with one attached hydrogen (secondary N) is 2. The number of aromatic nitrogens is 1. The summed E-state index contributed by atoms with van der Waals surface area (Å²) in [5.74, 6) is -0.851. The monoisotopic (exact) mass is 218 g/mol. The van der Waals surface area contributed by atoms with Crippen molar-refractivity contribution in [2.75, 3.05) is 6.54 Å². The molecule has 1 aromatic carbocycles. The Hall–Kier alpha value is -1.81. The van der Waals surface area contributed by atoms with E-state index >= 15 is 0 Å². The summed E-state index contributed by atoms with van der Waals surface area (Å²) in [6.07, 6.45) is 1.82. The number of carboxylic acid groups (broad SMARTS) is 1. The molecule has 1 atom stereocenters. The Balaban J connectivity index is 2.51. The third-order valence-electron chi connectivity index (χ3n) is 2.59. The molecule has 3 N–H and O–H groups in total. The zero-order valence-electron chi connectivity index (χ0n) is 9.03. The van der Waals surface area contributed by atoms with Crippen molar-refractivity contribution in [3.05, 3.63) is 36.0 Å². The molecule has 0 aliphatic heterocycles. The first-order valence-electron chi connectivity index (χ1n) is 5.26. The van der Waals surface area contributed by atoms with E-state index in [-0.39, 0.29) is 0 Å². The lowest BCUT2D eigenvalue weighted by atomic mass is 10.0. The molecule has 0 amide bonds. The number of likely N-dealkylation sites (N-methyl/N-ethyl adjacent to an activating group) is 1.